The quantitative estimate of drug-likeness (QED) is 0.639. The standard InChI is InChI=1S/C17H16ClN3O4S/c1-21(26(22,23)15-9-5-13(18)6-10-15)11-16-19-17(20-25-16)12-3-7-14(24-2)8-4-12/h3-10H,11H2,1-2H3. The van der Waals surface area contributed by atoms with Gasteiger partial charge < -0.3 is 9.26 Å². The lowest BCUT2D eigenvalue weighted by Gasteiger charge is -2.14. The van der Waals surface area contributed by atoms with Gasteiger partial charge in [-0.2, -0.15) is 9.29 Å². The average molecular weight is 394 g/mol. The zero-order chi connectivity index (χ0) is 18.7. The number of hydrogen-bond acceptors (Lipinski definition) is 6. The Labute approximate surface area is 156 Å². The van der Waals surface area contributed by atoms with E-state index in [0.29, 0.717) is 16.6 Å². The Morgan fingerprint density at radius 1 is 1.12 bits per heavy atom. The molecule has 1 heterocycles. The lowest BCUT2D eigenvalue weighted by Crippen LogP contribution is -2.26. The molecular formula is C17H16ClN3O4S. The minimum absolute atomic E-state index is 0.0475. The van der Waals surface area contributed by atoms with Crippen LogP contribution < -0.4 is 4.74 Å². The average Bonchev–Trinajstić information content (AvgIpc) is 3.10. The maximum absolute atomic E-state index is 12.6. The number of rotatable bonds is 6. The molecule has 7 nitrogen and oxygen atoms in total. The summed E-state index contributed by atoms with van der Waals surface area (Å²) in [5.41, 5.74) is 0.740. The zero-order valence-corrected chi connectivity index (χ0v) is 15.7. The summed E-state index contributed by atoms with van der Waals surface area (Å²) in [6.07, 6.45) is 0. The van der Waals surface area contributed by atoms with Crippen molar-refractivity contribution in [1.82, 2.24) is 14.4 Å². The van der Waals surface area contributed by atoms with Gasteiger partial charge in [-0.05, 0) is 48.5 Å². The molecule has 2 aromatic carbocycles. The molecule has 136 valence electrons. The molecule has 0 fully saturated rings. The molecule has 0 amide bonds. The van der Waals surface area contributed by atoms with Gasteiger partial charge in [0.15, 0.2) is 0 Å². The molecule has 26 heavy (non-hydrogen) atoms. The molecule has 0 spiro atoms. The molecular weight excluding hydrogens is 378 g/mol. The Balaban J connectivity index is 1.76. The largest absolute Gasteiger partial charge is 0.497 e. The van der Waals surface area contributed by atoms with E-state index in [-0.39, 0.29) is 17.3 Å². The maximum Gasteiger partial charge on any atom is 0.243 e. The Kier molecular flexibility index (Phi) is 5.26. The number of aromatic nitrogens is 2. The molecule has 0 aliphatic carbocycles. The highest BCUT2D eigenvalue weighted by atomic mass is 35.5. The molecule has 0 saturated carbocycles. The van der Waals surface area contributed by atoms with Crippen LogP contribution in [0.5, 0.6) is 5.75 Å². The van der Waals surface area contributed by atoms with E-state index in [2.05, 4.69) is 10.1 Å². The van der Waals surface area contributed by atoms with E-state index >= 15 is 0 Å². The van der Waals surface area contributed by atoms with Crippen molar-refractivity contribution < 1.29 is 17.7 Å². The van der Waals surface area contributed by atoms with Crippen LogP contribution >= 0.6 is 11.6 Å². The first-order valence-corrected chi connectivity index (χ1v) is 9.41. The summed E-state index contributed by atoms with van der Waals surface area (Å²) in [4.78, 5) is 4.39. The molecule has 1 aromatic heterocycles. The van der Waals surface area contributed by atoms with E-state index in [1.807, 2.05) is 0 Å². The first-order chi connectivity index (χ1) is 12.4. The van der Waals surface area contributed by atoms with Gasteiger partial charge in [0.05, 0.1) is 18.6 Å². The molecule has 9 heteroatoms. The molecule has 0 saturated heterocycles. The highest BCUT2D eigenvalue weighted by Gasteiger charge is 2.23. The minimum atomic E-state index is -3.69. The minimum Gasteiger partial charge on any atom is -0.497 e. The fourth-order valence-corrected chi connectivity index (χ4v) is 3.48. The van der Waals surface area contributed by atoms with Gasteiger partial charge in [-0.1, -0.05) is 16.8 Å². The van der Waals surface area contributed by atoms with Crippen molar-refractivity contribution in [2.24, 2.45) is 0 Å². The number of methoxy groups -OCH3 is 1. The molecule has 0 bridgehead atoms. The number of hydrogen-bond donors (Lipinski definition) is 0. The second-order valence-electron chi connectivity index (χ2n) is 5.46. The topological polar surface area (TPSA) is 85.5 Å². The normalized spacial score (nSPS) is 11.7. The van der Waals surface area contributed by atoms with Gasteiger partial charge in [0, 0.05) is 17.6 Å². The Morgan fingerprint density at radius 2 is 1.77 bits per heavy atom. The lowest BCUT2D eigenvalue weighted by molar-refractivity contribution is 0.337. The molecule has 0 aliphatic heterocycles. The number of halogens is 1. The van der Waals surface area contributed by atoms with Crippen molar-refractivity contribution in [3.63, 3.8) is 0 Å². The first-order valence-electron chi connectivity index (χ1n) is 7.59. The van der Waals surface area contributed by atoms with E-state index in [1.165, 1.54) is 31.3 Å². The highest BCUT2D eigenvalue weighted by Crippen LogP contribution is 2.22. The molecule has 0 radical (unpaired) electrons. The number of nitrogens with zero attached hydrogens (tertiary/aromatic N) is 3. The lowest BCUT2D eigenvalue weighted by atomic mass is 10.2. The van der Waals surface area contributed by atoms with Gasteiger partial charge in [-0.25, -0.2) is 8.42 Å². The number of sulfonamides is 1. The SMILES string of the molecule is COc1ccc(-c2noc(CN(C)S(=O)(=O)c3ccc(Cl)cc3)n2)cc1. The van der Waals surface area contributed by atoms with Crippen LogP contribution in [-0.2, 0) is 16.6 Å². The van der Waals surface area contributed by atoms with E-state index in [4.69, 9.17) is 20.9 Å². The van der Waals surface area contributed by atoms with Crippen LogP contribution in [0.15, 0.2) is 57.9 Å². The summed E-state index contributed by atoms with van der Waals surface area (Å²) in [5.74, 6) is 1.28. The van der Waals surface area contributed by atoms with Crippen molar-refractivity contribution in [2.45, 2.75) is 11.4 Å². The van der Waals surface area contributed by atoms with Crippen molar-refractivity contribution in [3.8, 4) is 17.1 Å². The van der Waals surface area contributed by atoms with Gasteiger partial charge in [0.2, 0.25) is 21.7 Å². The summed E-state index contributed by atoms with van der Waals surface area (Å²) in [7, 11) is -0.661. The third kappa shape index (κ3) is 3.87. The van der Waals surface area contributed by atoms with E-state index < -0.39 is 10.0 Å². The van der Waals surface area contributed by atoms with Gasteiger partial charge in [-0.15, -0.1) is 0 Å². The molecule has 0 atom stereocenters. The predicted octanol–water partition coefficient (Wildman–Crippen LogP) is 3.22. The maximum atomic E-state index is 12.6. The molecule has 3 rings (SSSR count). The second-order valence-corrected chi connectivity index (χ2v) is 7.94. The monoisotopic (exact) mass is 393 g/mol. The number of benzene rings is 2. The van der Waals surface area contributed by atoms with Crippen molar-refractivity contribution in [1.29, 1.82) is 0 Å². The van der Waals surface area contributed by atoms with Crippen molar-refractivity contribution in [2.75, 3.05) is 14.2 Å². The van der Waals surface area contributed by atoms with Crippen molar-refractivity contribution in [3.05, 3.63) is 59.4 Å². The van der Waals surface area contributed by atoms with E-state index in [0.717, 1.165) is 9.87 Å². The Morgan fingerprint density at radius 3 is 2.38 bits per heavy atom. The summed E-state index contributed by atoms with van der Waals surface area (Å²) in [5, 5.41) is 4.36. The summed E-state index contributed by atoms with van der Waals surface area (Å²) >= 11 is 5.80. The summed E-state index contributed by atoms with van der Waals surface area (Å²) in [6, 6.07) is 13.1. The zero-order valence-electron chi connectivity index (χ0n) is 14.1. The first kappa shape index (κ1) is 18.4. The third-order valence-electron chi connectivity index (χ3n) is 3.70. The van der Waals surface area contributed by atoms with Crippen LogP contribution in [0, 0.1) is 0 Å². The molecule has 0 unspecified atom stereocenters. The Hall–Kier alpha value is -2.42. The van der Waals surface area contributed by atoms with Crippen LogP contribution in [0.25, 0.3) is 11.4 Å². The van der Waals surface area contributed by atoms with Crippen LogP contribution in [0.1, 0.15) is 5.89 Å². The fraction of sp³-hybridized carbons (Fsp3) is 0.176. The Bertz CT molecular complexity index is 986. The molecule has 0 aliphatic rings. The number of ether oxygens (including phenoxy) is 1. The van der Waals surface area contributed by atoms with E-state index in [9.17, 15) is 8.42 Å². The van der Waals surface area contributed by atoms with Crippen molar-refractivity contribution >= 4 is 21.6 Å². The predicted molar refractivity (Wildman–Crippen MR) is 96.4 cm³/mol. The van der Waals surface area contributed by atoms with Gasteiger partial charge in [0.1, 0.15) is 5.75 Å². The van der Waals surface area contributed by atoms with Crippen LogP contribution in [0.2, 0.25) is 5.02 Å². The summed E-state index contributed by atoms with van der Waals surface area (Å²) in [6.45, 7) is -0.0475. The van der Waals surface area contributed by atoms with Crippen LogP contribution in [0.4, 0.5) is 0 Å². The van der Waals surface area contributed by atoms with Crippen LogP contribution in [0.3, 0.4) is 0 Å². The van der Waals surface area contributed by atoms with Gasteiger partial charge in [-0.3, -0.25) is 0 Å². The van der Waals surface area contributed by atoms with Gasteiger partial charge in [0.25, 0.3) is 0 Å². The molecule has 3 aromatic rings. The summed E-state index contributed by atoms with van der Waals surface area (Å²) < 4.78 is 36.6. The fourth-order valence-electron chi connectivity index (χ4n) is 2.24. The van der Waals surface area contributed by atoms with E-state index in [1.54, 1.807) is 31.4 Å². The van der Waals surface area contributed by atoms with Gasteiger partial charge >= 0.3 is 0 Å². The second kappa shape index (κ2) is 7.45. The third-order valence-corrected chi connectivity index (χ3v) is 5.77. The highest BCUT2D eigenvalue weighted by molar-refractivity contribution is 7.89. The molecule has 0 N–H and O–H groups in total. The van der Waals surface area contributed by atoms with Crippen LogP contribution in [-0.4, -0.2) is 37.0 Å². The smallest absolute Gasteiger partial charge is 0.243 e.